The van der Waals surface area contributed by atoms with Gasteiger partial charge in [-0.15, -0.1) is 17.0 Å². The lowest BCUT2D eigenvalue weighted by molar-refractivity contribution is 0.568. The molecule has 0 saturated carbocycles. The molecular weight excluding hydrogens is 372 g/mol. The summed E-state index contributed by atoms with van der Waals surface area (Å²) < 4.78 is 0. The van der Waals surface area contributed by atoms with Crippen molar-refractivity contribution in [2.24, 2.45) is 0 Å². The lowest BCUT2D eigenvalue weighted by Crippen LogP contribution is -2.25. The van der Waals surface area contributed by atoms with E-state index in [0.717, 1.165) is 17.8 Å². The number of fused-ring (bicyclic) bond motifs is 1. The van der Waals surface area contributed by atoms with Gasteiger partial charge in [-0.25, -0.2) is 0 Å². The molecule has 1 heterocycles. The van der Waals surface area contributed by atoms with Gasteiger partial charge < -0.3 is 4.90 Å². The molecule has 3 heteroatoms. The number of hydrogen-bond acceptors (Lipinski definition) is 1. The third-order valence-corrected chi connectivity index (χ3v) is 4.83. The van der Waals surface area contributed by atoms with Crippen LogP contribution in [-0.2, 0) is 17.4 Å². The number of benzene rings is 2. The third kappa shape index (κ3) is 3.82. The molecule has 0 bridgehead atoms. The SMILES string of the molecule is Br.CC(C)(C)c1cc(N2Cc3ccccc3C2=N)cc(C(C)(C)C)c1. The van der Waals surface area contributed by atoms with E-state index in [-0.39, 0.29) is 27.8 Å². The van der Waals surface area contributed by atoms with E-state index >= 15 is 0 Å². The molecule has 2 aromatic rings. The smallest absolute Gasteiger partial charge is 0.133 e. The van der Waals surface area contributed by atoms with E-state index in [1.54, 1.807) is 0 Å². The number of anilines is 1. The average Bonchev–Trinajstić information content (AvgIpc) is 2.83. The van der Waals surface area contributed by atoms with Crippen LogP contribution in [0.4, 0.5) is 5.69 Å². The Morgan fingerprint density at radius 1 is 0.840 bits per heavy atom. The van der Waals surface area contributed by atoms with Crippen LogP contribution in [0, 0.1) is 5.41 Å². The Morgan fingerprint density at radius 3 is 1.84 bits per heavy atom. The lowest BCUT2D eigenvalue weighted by atomic mass is 9.80. The predicted molar refractivity (Wildman–Crippen MR) is 114 cm³/mol. The van der Waals surface area contributed by atoms with Gasteiger partial charge in [-0.05, 0) is 39.7 Å². The second-order valence-corrected chi connectivity index (χ2v) is 8.86. The molecule has 3 rings (SSSR count). The van der Waals surface area contributed by atoms with E-state index in [9.17, 15) is 0 Å². The van der Waals surface area contributed by atoms with Crippen molar-refractivity contribution in [2.75, 3.05) is 4.90 Å². The molecule has 0 unspecified atom stereocenters. The second kappa shape index (κ2) is 6.60. The minimum Gasteiger partial charge on any atom is -0.322 e. The molecule has 0 amide bonds. The molecule has 2 nitrogen and oxygen atoms in total. The normalized spacial score (nSPS) is 14.3. The highest BCUT2D eigenvalue weighted by Gasteiger charge is 2.28. The number of nitrogens with one attached hydrogen (secondary N) is 1. The Labute approximate surface area is 162 Å². The minimum absolute atomic E-state index is 0. The van der Waals surface area contributed by atoms with Gasteiger partial charge in [0, 0.05) is 11.3 Å². The van der Waals surface area contributed by atoms with Gasteiger partial charge in [0.05, 0.1) is 6.54 Å². The standard InChI is InChI=1S/C22H28N2.BrH/c1-21(2,3)16-11-17(22(4,5)6)13-18(12-16)24-14-15-9-7-8-10-19(15)20(24)23;/h7-13,23H,14H2,1-6H3;1H. The molecule has 0 saturated heterocycles. The zero-order chi connectivity index (χ0) is 17.7. The summed E-state index contributed by atoms with van der Waals surface area (Å²) in [6, 6.07) is 15.1. The quantitative estimate of drug-likeness (QED) is 0.605. The van der Waals surface area contributed by atoms with E-state index in [1.165, 1.54) is 16.7 Å². The van der Waals surface area contributed by atoms with Crippen molar-refractivity contribution in [3.05, 3.63) is 64.7 Å². The van der Waals surface area contributed by atoms with Crippen LogP contribution in [0.25, 0.3) is 0 Å². The zero-order valence-electron chi connectivity index (χ0n) is 16.1. The van der Waals surface area contributed by atoms with E-state index in [0.29, 0.717) is 5.84 Å². The number of nitrogens with zero attached hydrogens (tertiary/aromatic N) is 1. The monoisotopic (exact) mass is 400 g/mol. The van der Waals surface area contributed by atoms with Gasteiger partial charge in [-0.1, -0.05) is 71.9 Å². The van der Waals surface area contributed by atoms with Crippen LogP contribution in [0.15, 0.2) is 42.5 Å². The van der Waals surface area contributed by atoms with Crippen molar-refractivity contribution in [2.45, 2.75) is 58.9 Å². The Hall–Kier alpha value is -1.61. The van der Waals surface area contributed by atoms with Crippen LogP contribution in [0.2, 0.25) is 0 Å². The fourth-order valence-electron chi connectivity index (χ4n) is 3.14. The fourth-order valence-corrected chi connectivity index (χ4v) is 3.14. The summed E-state index contributed by atoms with van der Waals surface area (Å²) in [4.78, 5) is 2.13. The van der Waals surface area contributed by atoms with Crippen LogP contribution in [0.3, 0.4) is 0 Å². The molecular formula is C22H29BrN2. The van der Waals surface area contributed by atoms with E-state index < -0.39 is 0 Å². The average molecular weight is 401 g/mol. The van der Waals surface area contributed by atoms with Crippen molar-refractivity contribution < 1.29 is 0 Å². The van der Waals surface area contributed by atoms with Crippen molar-refractivity contribution in [1.29, 1.82) is 5.41 Å². The summed E-state index contributed by atoms with van der Waals surface area (Å²) in [5.41, 5.74) is 6.25. The highest BCUT2D eigenvalue weighted by atomic mass is 79.9. The van der Waals surface area contributed by atoms with Gasteiger partial charge in [0.15, 0.2) is 0 Å². The first-order valence-corrected chi connectivity index (χ1v) is 8.68. The summed E-state index contributed by atoms with van der Waals surface area (Å²) in [7, 11) is 0. The number of halogens is 1. The Balaban J connectivity index is 0.00000225. The molecule has 0 atom stereocenters. The maximum absolute atomic E-state index is 8.60. The molecule has 134 valence electrons. The Kier molecular flexibility index (Phi) is 5.21. The van der Waals surface area contributed by atoms with Crippen molar-refractivity contribution in [1.82, 2.24) is 0 Å². The number of hydrogen-bond donors (Lipinski definition) is 1. The molecule has 1 aliphatic heterocycles. The molecule has 0 spiro atoms. The summed E-state index contributed by atoms with van der Waals surface area (Å²) in [6.45, 7) is 14.3. The topological polar surface area (TPSA) is 27.1 Å². The number of amidine groups is 1. The predicted octanol–water partition coefficient (Wildman–Crippen LogP) is 6.21. The summed E-state index contributed by atoms with van der Waals surface area (Å²) >= 11 is 0. The van der Waals surface area contributed by atoms with Crippen molar-refractivity contribution in [3.8, 4) is 0 Å². The van der Waals surface area contributed by atoms with Gasteiger partial charge in [0.25, 0.3) is 0 Å². The maximum Gasteiger partial charge on any atom is 0.133 e. The molecule has 1 aliphatic rings. The van der Waals surface area contributed by atoms with Crippen LogP contribution < -0.4 is 4.90 Å². The Bertz CT molecular complexity index is 762. The van der Waals surface area contributed by atoms with Crippen LogP contribution >= 0.6 is 17.0 Å². The van der Waals surface area contributed by atoms with E-state index in [2.05, 4.69) is 82.8 Å². The summed E-state index contributed by atoms with van der Waals surface area (Å²) in [5, 5.41) is 8.60. The van der Waals surface area contributed by atoms with Gasteiger partial charge in [-0.3, -0.25) is 5.41 Å². The highest BCUT2D eigenvalue weighted by Crippen LogP contribution is 2.36. The van der Waals surface area contributed by atoms with Gasteiger partial charge in [0.2, 0.25) is 0 Å². The molecule has 1 N–H and O–H groups in total. The highest BCUT2D eigenvalue weighted by molar-refractivity contribution is 8.93. The largest absolute Gasteiger partial charge is 0.322 e. The van der Waals surface area contributed by atoms with Gasteiger partial charge in [0.1, 0.15) is 5.84 Å². The molecule has 0 aliphatic carbocycles. The van der Waals surface area contributed by atoms with Crippen LogP contribution in [-0.4, -0.2) is 5.84 Å². The maximum atomic E-state index is 8.60. The fraction of sp³-hybridized carbons (Fsp3) is 0.409. The molecule has 0 fully saturated rings. The summed E-state index contributed by atoms with van der Waals surface area (Å²) in [5.74, 6) is 0.608. The van der Waals surface area contributed by atoms with Crippen molar-refractivity contribution in [3.63, 3.8) is 0 Å². The molecule has 0 radical (unpaired) electrons. The van der Waals surface area contributed by atoms with E-state index in [4.69, 9.17) is 5.41 Å². The zero-order valence-corrected chi connectivity index (χ0v) is 17.8. The Morgan fingerprint density at radius 2 is 1.36 bits per heavy atom. The minimum atomic E-state index is 0. The first-order valence-electron chi connectivity index (χ1n) is 8.68. The van der Waals surface area contributed by atoms with Crippen LogP contribution in [0.5, 0.6) is 0 Å². The summed E-state index contributed by atoms with van der Waals surface area (Å²) in [6.07, 6.45) is 0. The first-order chi connectivity index (χ1) is 11.1. The lowest BCUT2D eigenvalue weighted by Gasteiger charge is -2.29. The van der Waals surface area contributed by atoms with Gasteiger partial charge in [-0.2, -0.15) is 0 Å². The number of rotatable bonds is 1. The van der Waals surface area contributed by atoms with Gasteiger partial charge >= 0.3 is 0 Å². The molecule has 2 aromatic carbocycles. The van der Waals surface area contributed by atoms with Crippen molar-refractivity contribution >= 4 is 28.5 Å². The third-order valence-electron chi connectivity index (χ3n) is 4.83. The molecule has 0 aromatic heterocycles. The second-order valence-electron chi connectivity index (χ2n) is 8.86. The first kappa shape index (κ1) is 19.7. The van der Waals surface area contributed by atoms with Crippen LogP contribution in [0.1, 0.15) is 63.8 Å². The van der Waals surface area contributed by atoms with E-state index in [1.807, 2.05) is 6.07 Å². The molecule has 25 heavy (non-hydrogen) atoms.